The molecule has 3 aromatic rings. The predicted molar refractivity (Wildman–Crippen MR) is 95.6 cm³/mol. The molecular formula is C17H19N5OS. The van der Waals surface area contributed by atoms with Gasteiger partial charge in [-0.25, -0.2) is 14.6 Å². The zero-order valence-corrected chi connectivity index (χ0v) is 14.4. The van der Waals surface area contributed by atoms with Crippen LogP contribution in [0.2, 0.25) is 0 Å². The Kier molecular flexibility index (Phi) is 4.02. The van der Waals surface area contributed by atoms with Gasteiger partial charge in [-0.2, -0.15) is 5.10 Å². The lowest BCUT2D eigenvalue weighted by Crippen LogP contribution is -2.37. The zero-order chi connectivity index (χ0) is 16.5. The first-order valence-corrected chi connectivity index (χ1v) is 9.06. The fourth-order valence-electron chi connectivity index (χ4n) is 3.25. The molecule has 24 heavy (non-hydrogen) atoms. The molecule has 3 aromatic heterocycles. The quantitative estimate of drug-likeness (QED) is 0.732. The Balaban J connectivity index is 1.46. The molecule has 0 atom stereocenters. The van der Waals surface area contributed by atoms with Gasteiger partial charge in [0.05, 0.1) is 15.9 Å². The minimum absolute atomic E-state index is 0.0147. The summed E-state index contributed by atoms with van der Waals surface area (Å²) < 4.78 is 2.77. The summed E-state index contributed by atoms with van der Waals surface area (Å²) in [6.45, 7) is 4.52. The number of piperidine rings is 1. The van der Waals surface area contributed by atoms with Crippen LogP contribution in [0.15, 0.2) is 34.7 Å². The molecule has 4 rings (SSSR count). The van der Waals surface area contributed by atoms with Gasteiger partial charge in [-0.3, -0.25) is 4.79 Å². The van der Waals surface area contributed by atoms with Crippen LogP contribution in [0, 0.1) is 12.8 Å². The van der Waals surface area contributed by atoms with Crippen LogP contribution in [0.5, 0.6) is 0 Å². The summed E-state index contributed by atoms with van der Waals surface area (Å²) in [4.78, 5) is 23.1. The highest BCUT2D eigenvalue weighted by molar-refractivity contribution is 7.17. The maximum absolute atomic E-state index is 11.9. The number of nitrogens with zero attached hydrogens (tertiary/aromatic N) is 5. The largest absolute Gasteiger partial charge is 0.355 e. The maximum Gasteiger partial charge on any atom is 0.266 e. The molecule has 0 saturated carbocycles. The molecule has 1 aliphatic heterocycles. The number of rotatable bonds is 3. The molecular weight excluding hydrogens is 322 g/mol. The third kappa shape index (κ3) is 2.91. The first-order chi connectivity index (χ1) is 11.7. The molecule has 0 spiro atoms. The number of thiophene rings is 1. The van der Waals surface area contributed by atoms with Crippen LogP contribution in [0.3, 0.4) is 0 Å². The van der Waals surface area contributed by atoms with E-state index in [4.69, 9.17) is 0 Å². The first-order valence-electron chi connectivity index (χ1n) is 8.18. The average Bonchev–Trinajstić information content (AvgIpc) is 3.08. The molecule has 0 aliphatic carbocycles. The van der Waals surface area contributed by atoms with E-state index in [9.17, 15) is 4.79 Å². The average molecular weight is 341 g/mol. The van der Waals surface area contributed by atoms with Crippen LogP contribution < -0.4 is 10.5 Å². The van der Waals surface area contributed by atoms with E-state index in [1.165, 1.54) is 0 Å². The fourth-order valence-corrected chi connectivity index (χ4v) is 4.12. The summed E-state index contributed by atoms with van der Waals surface area (Å²) in [6.07, 6.45) is 3.73. The highest BCUT2D eigenvalue weighted by Crippen LogP contribution is 2.30. The van der Waals surface area contributed by atoms with Crippen LogP contribution in [0.1, 0.15) is 18.5 Å². The molecule has 0 radical (unpaired) electrons. The number of hydrogen-bond donors (Lipinski definition) is 0. The summed E-state index contributed by atoms with van der Waals surface area (Å²) in [5.74, 6) is 1.52. The Bertz CT molecular complexity index is 910. The summed E-state index contributed by atoms with van der Waals surface area (Å²) in [6, 6.07) is 5.41. The minimum Gasteiger partial charge on any atom is -0.355 e. The SMILES string of the molecule is Cc1ccc(=O)n(CC2CCN(c3ncnc4ccsc34)CC2)n1. The Hall–Kier alpha value is -2.28. The maximum atomic E-state index is 11.9. The highest BCUT2D eigenvalue weighted by Gasteiger charge is 2.22. The lowest BCUT2D eigenvalue weighted by molar-refractivity contribution is 0.333. The van der Waals surface area contributed by atoms with Gasteiger partial charge in [-0.1, -0.05) is 0 Å². The lowest BCUT2D eigenvalue weighted by Gasteiger charge is -2.32. The highest BCUT2D eigenvalue weighted by atomic mass is 32.1. The fraction of sp³-hybridized carbons (Fsp3) is 0.412. The standard InChI is InChI=1S/C17H19N5OS/c1-12-2-3-15(23)22(20-12)10-13-4-7-21(8-5-13)17-16-14(6-9-24-16)18-11-19-17/h2-3,6,9,11,13H,4-5,7-8,10H2,1H3. The van der Waals surface area contributed by atoms with E-state index in [-0.39, 0.29) is 5.56 Å². The van der Waals surface area contributed by atoms with Crippen molar-refractivity contribution in [1.29, 1.82) is 0 Å². The van der Waals surface area contributed by atoms with Crippen molar-refractivity contribution in [1.82, 2.24) is 19.7 Å². The van der Waals surface area contributed by atoms with Crippen molar-refractivity contribution in [3.8, 4) is 0 Å². The van der Waals surface area contributed by atoms with Crippen LogP contribution in [0.25, 0.3) is 10.2 Å². The second kappa shape index (κ2) is 6.32. The predicted octanol–water partition coefficient (Wildman–Crippen LogP) is 2.47. The van der Waals surface area contributed by atoms with Crippen molar-refractivity contribution in [2.24, 2.45) is 5.92 Å². The number of aryl methyl sites for hydroxylation is 1. The molecule has 0 bridgehead atoms. The molecule has 1 saturated heterocycles. The Morgan fingerprint density at radius 3 is 2.88 bits per heavy atom. The van der Waals surface area contributed by atoms with Crippen LogP contribution in [-0.4, -0.2) is 32.8 Å². The van der Waals surface area contributed by atoms with Gasteiger partial charge in [0.25, 0.3) is 5.56 Å². The Morgan fingerprint density at radius 1 is 1.21 bits per heavy atom. The summed E-state index contributed by atoms with van der Waals surface area (Å²) in [5, 5.41) is 6.41. The molecule has 124 valence electrons. The van der Waals surface area contributed by atoms with Crippen LogP contribution >= 0.6 is 11.3 Å². The molecule has 0 aromatic carbocycles. The molecule has 1 fully saturated rings. The summed E-state index contributed by atoms with van der Waals surface area (Å²) >= 11 is 1.69. The van der Waals surface area contributed by atoms with Crippen molar-refractivity contribution in [2.45, 2.75) is 26.3 Å². The molecule has 4 heterocycles. The molecule has 6 nitrogen and oxygen atoms in total. The van der Waals surface area contributed by atoms with E-state index in [0.29, 0.717) is 12.5 Å². The van der Waals surface area contributed by atoms with Gasteiger partial charge in [-0.15, -0.1) is 11.3 Å². The topological polar surface area (TPSA) is 63.9 Å². The number of aromatic nitrogens is 4. The van der Waals surface area contributed by atoms with Gasteiger partial charge in [0, 0.05) is 25.7 Å². The van der Waals surface area contributed by atoms with Crippen LogP contribution in [-0.2, 0) is 6.54 Å². The monoisotopic (exact) mass is 341 g/mol. The van der Waals surface area contributed by atoms with Gasteiger partial charge in [0.15, 0.2) is 0 Å². The van der Waals surface area contributed by atoms with Gasteiger partial charge in [0.2, 0.25) is 0 Å². The van der Waals surface area contributed by atoms with Crippen molar-refractivity contribution >= 4 is 27.4 Å². The zero-order valence-electron chi connectivity index (χ0n) is 13.6. The number of anilines is 1. The molecule has 0 N–H and O–H groups in total. The molecule has 7 heteroatoms. The normalized spacial score (nSPS) is 16.0. The van der Waals surface area contributed by atoms with E-state index < -0.39 is 0 Å². The molecule has 1 aliphatic rings. The van der Waals surface area contributed by atoms with Crippen molar-refractivity contribution in [3.05, 3.63) is 46.0 Å². The Labute approximate surface area is 143 Å². The smallest absolute Gasteiger partial charge is 0.266 e. The molecule has 0 unspecified atom stereocenters. The van der Waals surface area contributed by atoms with E-state index >= 15 is 0 Å². The third-order valence-electron chi connectivity index (χ3n) is 4.57. The van der Waals surface area contributed by atoms with E-state index in [1.807, 2.05) is 13.0 Å². The third-order valence-corrected chi connectivity index (χ3v) is 5.47. The van der Waals surface area contributed by atoms with Crippen molar-refractivity contribution < 1.29 is 0 Å². The Morgan fingerprint density at radius 2 is 2.04 bits per heavy atom. The van der Waals surface area contributed by atoms with E-state index in [0.717, 1.165) is 47.7 Å². The summed E-state index contributed by atoms with van der Waals surface area (Å²) in [7, 11) is 0. The van der Waals surface area contributed by atoms with Crippen molar-refractivity contribution in [3.63, 3.8) is 0 Å². The van der Waals surface area contributed by atoms with Gasteiger partial charge in [0.1, 0.15) is 12.1 Å². The molecule has 0 amide bonds. The minimum atomic E-state index is -0.0147. The van der Waals surface area contributed by atoms with E-state index in [1.54, 1.807) is 34.5 Å². The second-order valence-electron chi connectivity index (χ2n) is 6.26. The van der Waals surface area contributed by atoms with Crippen molar-refractivity contribution in [2.75, 3.05) is 18.0 Å². The van der Waals surface area contributed by atoms with Crippen LogP contribution in [0.4, 0.5) is 5.82 Å². The number of hydrogen-bond acceptors (Lipinski definition) is 6. The second-order valence-corrected chi connectivity index (χ2v) is 7.17. The summed E-state index contributed by atoms with van der Waals surface area (Å²) in [5.41, 5.74) is 1.88. The van der Waals surface area contributed by atoms with Gasteiger partial charge >= 0.3 is 0 Å². The number of fused-ring (bicyclic) bond motifs is 1. The lowest BCUT2D eigenvalue weighted by atomic mass is 9.97. The van der Waals surface area contributed by atoms with Gasteiger partial charge < -0.3 is 4.90 Å². The first kappa shape index (κ1) is 15.3. The van der Waals surface area contributed by atoms with E-state index in [2.05, 4.69) is 25.3 Å². The van der Waals surface area contributed by atoms with Gasteiger partial charge in [-0.05, 0) is 43.2 Å².